The number of nitrogens with zero attached hydrogens (tertiary/aromatic N) is 2. The lowest BCUT2D eigenvalue weighted by Crippen LogP contribution is -3.19. The summed E-state index contributed by atoms with van der Waals surface area (Å²) < 4.78 is 40.3. The molecule has 1 aliphatic rings. The van der Waals surface area contributed by atoms with Crippen molar-refractivity contribution in [3.8, 4) is 0 Å². The number of rotatable bonds is 6. The number of carbonyl (C=O) groups is 1. The summed E-state index contributed by atoms with van der Waals surface area (Å²) in [5.74, 6) is -0.551. The Balaban J connectivity index is 1.66. The van der Waals surface area contributed by atoms with E-state index in [0.717, 1.165) is 16.7 Å². The molecule has 1 amide bonds. The van der Waals surface area contributed by atoms with E-state index >= 15 is 0 Å². The molecular formula is C21H27FN3O3S+. The quantitative estimate of drug-likeness (QED) is 0.763. The molecule has 0 radical (unpaired) electrons. The van der Waals surface area contributed by atoms with Crippen molar-refractivity contribution >= 4 is 21.6 Å². The molecule has 0 spiro atoms. The van der Waals surface area contributed by atoms with Gasteiger partial charge in [-0.25, -0.2) is 12.8 Å². The standard InChI is InChI=1S/C21H26FN3O3S/c1-3-25(19-9-5-4-6-10-19)21(26)17(2)23-12-14-24(15-13-23)29(27,28)20-11-7-8-18(22)16-20/h4-11,16-17H,3,12-15H2,1-2H3/p+1/t17-/m1/s1. The molecule has 1 fully saturated rings. The van der Waals surface area contributed by atoms with Gasteiger partial charge in [0.05, 0.1) is 31.1 Å². The Hall–Kier alpha value is -2.29. The van der Waals surface area contributed by atoms with Gasteiger partial charge in [0.1, 0.15) is 5.82 Å². The molecule has 6 nitrogen and oxygen atoms in total. The van der Waals surface area contributed by atoms with Crippen molar-refractivity contribution in [1.29, 1.82) is 0 Å². The summed E-state index contributed by atoms with van der Waals surface area (Å²) in [6.45, 7) is 6.03. The summed E-state index contributed by atoms with van der Waals surface area (Å²) in [5.41, 5.74) is 0.860. The molecule has 0 bridgehead atoms. The second kappa shape index (κ2) is 9.02. The highest BCUT2D eigenvalue weighted by molar-refractivity contribution is 7.89. The Morgan fingerprint density at radius 1 is 1.14 bits per heavy atom. The SMILES string of the molecule is CCN(C(=O)[C@@H](C)[NH+]1CCN(S(=O)(=O)c2cccc(F)c2)CC1)c1ccccc1. The van der Waals surface area contributed by atoms with Gasteiger partial charge in [0.15, 0.2) is 6.04 Å². The number of carbonyl (C=O) groups excluding carboxylic acids is 1. The zero-order valence-electron chi connectivity index (χ0n) is 16.7. The van der Waals surface area contributed by atoms with Crippen LogP contribution in [0.5, 0.6) is 0 Å². The summed E-state index contributed by atoms with van der Waals surface area (Å²) >= 11 is 0. The number of amides is 1. The molecule has 1 heterocycles. The highest BCUT2D eigenvalue weighted by atomic mass is 32.2. The number of hydrogen-bond donors (Lipinski definition) is 1. The number of halogens is 1. The number of nitrogens with one attached hydrogen (secondary N) is 1. The number of para-hydroxylation sites is 1. The molecule has 1 saturated heterocycles. The van der Waals surface area contributed by atoms with E-state index in [4.69, 9.17) is 0 Å². The number of hydrogen-bond acceptors (Lipinski definition) is 3. The van der Waals surface area contributed by atoms with Crippen LogP contribution in [-0.2, 0) is 14.8 Å². The van der Waals surface area contributed by atoms with E-state index < -0.39 is 15.8 Å². The summed E-state index contributed by atoms with van der Waals surface area (Å²) in [7, 11) is -3.73. The molecule has 156 valence electrons. The lowest BCUT2D eigenvalue weighted by molar-refractivity contribution is -0.917. The van der Waals surface area contributed by atoms with E-state index in [1.165, 1.54) is 22.5 Å². The summed E-state index contributed by atoms with van der Waals surface area (Å²) in [4.78, 5) is 15.8. The molecule has 0 unspecified atom stereocenters. The maximum absolute atomic E-state index is 13.4. The van der Waals surface area contributed by atoms with E-state index in [-0.39, 0.29) is 16.8 Å². The third-order valence-electron chi connectivity index (χ3n) is 5.43. The minimum atomic E-state index is -3.73. The van der Waals surface area contributed by atoms with Crippen molar-refractivity contribution in [1.82, 2.24) is 4.31 Å². The molecule has 2 aromatic carbocycles. The lowest BCUT2D eigenvalue weighted by Gasteiger charge is -2.35. The van der Waals surface area contributed by atoms with Crippen LogP contribution in [-0.4, -0.2) is 57.4 Å². The smallest absolute Gasteiger partial charge is 0.284 e. The molecule has 8 heteroatoms. The largest absolute Gasteiger partial charge is 0.323 e. The number of anilines is 1. The van der Waals surface area contributed by atoms with Crippen LogP contribution in [0.3, 0.4) is 0 Å². The van der Waals surface area contributed by atoms with Gasteiger partial charge >= 0.3 is 0 Å². The monoisotopic (exact) mass is 420 g/mol. The van der Waals surface area contributed by atoms with E-state index in [1.807, 2.05) is 44.2 Å². The Labute approximate surface area is 171 Å². The van der Waals surface area contributed by atoms with Gasteiger partial charge < -0.3 is 9.80 Å². The third-order valence-corrected chi connectivity index (χ3v) is 7.33. The van der Waals surface area contributed by atoms with Crippen molar-refractivity contribution in [2.75, 3.05) is 37.6 Å². The van der Waals surface area contributed by atoms with Crippen molar-refractivity contribution in [3.05, 3.63) is 60.4 Å². The van der Waals surface area contributed by atoms with Crippen molar-refractivity contribution < 1.29 is 22.5 Å². The first-order valence-corrected chi connectivity index (χ1v) is 11.3. The van der Waals surface area contributed by atoms with Crippen LogP contribution in [0.1, 0.15) is 13.8 Å². The third kappa shape index (κ3) is 4.66. The van der Waals surface area contributed by atoms with Crippen LogP contribution in [0.4, 0.5) is 10.1 Å². The minimum Gasteiger partial charge on any atom is -0.323 e. The fourth-order valence-corrected chi connectivity index (χ4v) is 5.18. The molecule has 2 aromatic rings. The van der Waals surface area contributed by atoms with E-state index in [0.29, 0.717) is 32.7 Å². The van der Waals surface area contributed by atoms with Crippen LogP contribution in [0.25, 0.3) is 0 Å². The maximum atomic E-state index is 13.4. The first kappa shape index (κ1) is 21.4. The maximum Gasteiger partial charge on any atom is 0.284 e. The molecule has 1 N–H and O–H groups in total. The van der Waals surface area contributed by atoms with Crippen LogP contribution in [0.2, 0.25) is 0 Å². The number of likely N-dealkylation sites (N-methyl/N-ethyl adjacent to an activating group) is 1. The summed E-state index contributed by atoms with van der Waals surface area (Å²) in [6.07, 6.45) is 0. The van der Waals surface area contributed by atoms with Gasteiger partial charge in [-0.2, -0.15) is 4.31 Å². The second-order valence-electron chi connectivity index (χ2n) is 7.16. The Bertz CT molecular complexity index is 945. The van der Waals surface area contributed by atoms with Crippen molar-refractivity contribution in [2.45, 2.75) is 24.8 Å². The van der Waals surface area contributed by atoms with Gasteiger partial charge in [-0.15, -0.1) is 0 Å². The molecule has 29 heavy (non-hydrogen) atoms. The molecule has 0 saturated carbocycles. The molecule has 1 atom stereocenters. The van der Waals surface area contributed by atoms with E-state index in [2.05, 4.69) is 0 Å². The number of sulfonamides is 1. The zero-order chi connectivity index (χ0) is 21.0. The van der Waals surface area contributed by atoms with Crippen LogP contribution >= 0.6 is 0 Å². The molecule has 1 aliphatic heterocycles. The van der Waals surface area contributed by atoms with Crippen LogP contribution < -0.4 is 9.80 Å². The normalized spacial score (nSPS) is 17.1. The number of benzene rings is 2. The fourth-order valence-electron chi connectivity index (χ4n) is 3.71. The van der Waals surface area contributed by atoms with Gasteiger partial charge in [-0.3, -0.25) is 4.79 Å². The lowest BCUT2D eigenvalue weighted by atomic mass is 10.2. The topological polar surface area (TPSA) is 62.1 Å². The first-order valence-electron chi connectivity index (χ1n) is 9.81. The Kier molecular flexibility index (Phi) is 6.66. The highest BCUT2D eigenvalue weighted by Crippen LogP contribution is 2.17. The molecule has 0 aliphatic carbocycles. The van der Waals surface area contributed by atoms with Crippen LogP contribution in [0.15, 0.2) is 59.5 Å². The Morgan fingerprint density at radius 3 is 2.38 bits per heavy atom. The number of quaternary nitrogens is 1. The second-order valence-corrected chi connectivity index (χ2v) is 9.10. The van der Waals surface area contributed by atoms with Crippen molar-refractivity contribution in [3.63, 3.8) is 0 Å². The van der Waals surface area contributed by atoms with E-state index in [9.17, 15) is 17.6 Å². The van der Waals surface area contributed by atoms with Gasteiger partial charge in [0.2, 0.25) is 10.0 Å². The number of piperazine rings is 1. The minimum absolute atomic E-state index is 0.0233. The van der Waals surface area contributed by atoms with Crippen LogP contribution in [0, 0.1) is 5.82 Å². The average Bonchev–Trinajstić information content (AvgIpc) is 2.74. The summed E-state index contributed by atoms with van der Waals surface area (Å²) in [6, 6.07) is 14.3. The van der Waals surface area contributed by atoms with Gasteiger partial charge in [0, 0.05) is 12.2 Å². The van der Waals surface area contributed by atoms with Gasteiger partial charge in [-0.05, 0) is 44.2 Å². The predicted octanol–water partition coefficient (Wildman–Crippen LogP) is 1.16. The molecular weight excluding hydrogens is 393 g/mol. The van der Waals surface area contributed by atoms with Gasteiger partial charge in [0.25, 0.3) is 5.91 Å². The van der Waals surface area contributed by atoms with Crippen molar-refractivity contribution in [2.24, 2.45) is 0 Å². The first-order chi connectivity index (χ1) is 13.8. The zero-order valence-corrected chi connectivity index (χ0v) is 17.5. The highest BCUT2D eigenvalue weighted by Gasteiger charge is 2.36. The van der Waals surface area contributed by atoms with E-state index in [1.54, 1.807) is 4.90 Å². The average molecular weight is 421 g/mol. The predicted molar refractivity (Wildman–Crippen MR) is 110 cm³/mol. The fraction of sp³-hybridized carbons (Fsp3) is 0.381. The molecule has 0 aromatic heterocycles. The summed E-state index contributed by atoms with van der Waals surface area (Å²) in [5, 5.41) is 0. The molecule has 3 rings (SSSR count). The Morgan fingerprint density at radius 2 is 1.79 bits per heavy atom. The van der Waals surface area contributed by atoms with Gasteiger partial charge in [-0.1, -0.05) is 24.3 Å².